The van der Waals surface area contributed by atoms with Crippen molar-refractivity contribution in [3.63, 3.8) is 0 Å². The molecule has 4 rings (SSSR count). The third-order valence-electron chi connectivity index (χ3n) is 6.86. The van der Waals surface area contributed by atoms with Crippen LogP contribution in [-0.2, 0) is 13.0 Å². The molecule has 1 aliphatic carbocycles. The van der Waals surface area contributed by atoms with Crippen molar-refractivity contribution in [2.75, 3.05) is 25.5 Å². The number of aryl methyl sites for hydroxylation is 1. The van der Waals surface area contributed by atoms with Crippen molar-refractivity contribution in [1.82, 2.24) is 15.3 Å². The SMILES string of the molecule is CC(O)c1ccc(CNCC2CCC(CCCc3nc(N(C)C)c4ccccc4n3)CC2)s1. The van der Waals surface area contributed by atoms with Crippen LogP contribution in [0, 0.1) is 11.8 Å². The second-order valence-corrected chi connectivity index (χ2v) is 11.0. The fraction of sp³-hybridized carbons (Fsp3) is 0.556. The van der Waals surface area contributed by atoms with Crippen LogP contribution >= 0.6 is 11.3 Å². The van der Waals surface area contributed by atoms with Gasteiger partial charge in [-0.1, -0.05) is 31.4 Å². The minimum atomic E-state index is -0.359. The molecule has 1 aliphatic rings. The predicted octanol–water partition coefficient (Wildman–Crippen LogP) is 5.73. The Bertz CT molecular complexity index is 1020. The van der Waals surface area contributed by atoms with Gasteiger partial charge >= 0.3 is 0 Å². The van der Waals surface area contributed by atoms with Gasteiger partial charge in [-0.2, -0.15) is 0 Å². The van der Waals surface area contributed by atoms with Crippen molar-refractivity contribution < 1.29 is 5.11 Å². The molecule has 178 valence electrons. The number of hydrogen-bond acceptors (Lipinski definition) is 6. The van der Waals surface area contributed by atoms with E-state index in [1.807, 2.05) is 13.0 Å². The highest BCUT2D eigenvalue weighted by Gasteiger charge is 2.21. The van der Waals surface area contributed by atoms with E-state index in [-0.39, 0.29) is 6.10 Å². The normalized spacial score (nSPS) is 19.6. The van der Waals surface area contributed by atoms with Crippen LogP contribution in [0.15, 0.2) is 36.4 Å². The molecule has 5 nitrogen and oxygen atoms in total. The van der Waals surface area contributed by atoms with Crippen LogP contribution in [0.2, 0.25) is 0 Å². The zero-order valence-electron chi connectivity index (χ0n) is 20.3. The molecule has 33 heavy (non-hydrogen) atoms. The average Bonchev–Trinajstić information content (AvgIpc) is 3.29. The lowest BCUT2D eigenvalue weighted by Gasteiger charge is -2.28. The van der Waals surface area contributed by atoms with Gasteiger partial charge in [-0.3, -0.25) is 0 Å². The van der Waals surface area contributed by atoms with Gasteiger partial charge in [0.2, 0.25) is 0 Å². The Balaban J connectivity index is 1.18. The second kappa shape index (κ2) is 11.4. The Kier molecular flexibility index (Phi) is 8.34. The van der Waals surface area contributed by atoms with Gasteiger partial charge in [0.15, 0.2) is 0 Å². The van der Waals surface area contributed by atoms with E-state index in [1.165, 1.54) is 43.4 Å². The van der Waals surface area contributed by atoms with E-state index in [2.05, 4.69) is 54.6 Å². The molecule has 0 saturated heterocycles. The van der Waals surface area contributed by atoms with Gasteiger partial charge in [0.25, 0.3) is 0 Å². The number of aromatic nitrogens is 2. The molecule has 2 aromatic heterocycles. The summed E-state index contributed by atoms with van der Waals surface area (Å²) in [6, 6.07) is 12.5. The summed E-state index contributed by atoms with van der Waals surface area (Å²) in [7, 11) is 4.11. The molecule has 2 heterocycles. The summed E-state index contributed by atoms with van der Waals surface area (Å²) >= 11 is 1.71. The van der Waals surface area contributed by atoms with E-state index < -0.39 is 0 Å². The first-order valence-electron chi connectivity index (χ1n) is 12.4. The van der Waals surface area contributed by atoms with Crippen molar-refractivity contribution in [3.05, 3.63) is 52.0 Å². The Labute approximate surface area is 202 Å². The van der Waals surface area contributed by atoms with Crippen molar-refractivity contribution in [2.24, 2.45) is 11.8 Å². The fourth-order valence-electron chi connectivity index (χ4n) is 4.95. The molecule has 2 N–H and O–H groups in total. The third-order valence-corrected chi connectivity index (χ3v) is 8.11. The number of aliphatic hydroxyl groups is 1. The summed E-state index contributed by atoms with van der Waals surface area (Å²) in [6.07, 6.45) is 8.41. The first-order valence-corrected chi connectivity index (χ1v) is 13.2. The van der Waals surface area contributed by atoms with E-state index in [0.29, 0.717) is 0 Å². The quantitative estimate of drug-likeness (QED) is 0.400. The summed E-state index contributed by atoms with van der Waals surface area (Å²) in [6.45, 7) is 3.85. The highest BCUT2D eigenvalue weighted by Crippen LogP contribution is 2.32. The molecule has 0 aliphatic heterocycles. The molecule has 3 aromatic rings. The molecule has 6 heteroatoms. The molecule has 1 aromatic carbocycles. The molecular formula is C27H38N4OS. The van der Waals surface area contributed by atoms with Gasteiger partial charge in [0.05, 0.1) is 11.6 Å². The maximum absolute atomic E-state index is 9.67. The minimum Gasteiger partial charge on any atom is -0.388 e. The number of nitrogens with one attached hydrogen (secondary N) is 1. The van der Waals surface area contributed by atoms with Crippen molar-refractivity contribution >= 4 is 28.1 Å². The molecule has 1 saturated carbocycles. The van der Waals surface area contributed by atoms with E-state index in [9.17, 15) is 5.11 Å². The van der Waals surface area contributed by atoms with Gasteiger partial charge in [0, 0.05) is 42.2 Å². The molecule has 1 unspecified atom stereocenters. The van der Waals surface area contributed by atoms with Gasteiger partial charge < -0.3 is 15.3 Å². The van der Waals surface area contributed by atoms with Crippen molar-refractivity contribution in [3.8, 4) is 0 Å². The smallest absolute Gasteiger partial charge is 0.139 e. The lowest BCUT2D eigenvalue weighted by Crippen LogP contribution is -2.26. The summed E-state index contributed by atoms with van der Waals surface area (Å²) in [5.41, 5.74) is 1.05. The lowest BCUT2D eigenvalue weighted by molar-refractivity contribution is 0.203. The minimum absolute atomic E-state index is 0.359. The van der Waals surface area contributed by atoms with Crippen LogP contribution in [0.4, 0.5) is 5.82 Å². The standard InChI is InChI=1S/C27H38N4OS/c1-19(32)25-16-15-22(33-25)18-28-17-21-13-11-20(12-14-21)7-6-10-26-29-24-9-5-4-8-23(24)27(30-26)31(2)3/h4-5,8-9,15-16,19-21,28,32H,6-7,10-14,17-18H2,1-3H3. The summed E-state index contributed by atoms with van der Waals surface area (Å²) < 4.78 is 0. The summed E-state index contributed by atoms with van der Waals surface area (Å²) in [5.74, 6) is 3.64. The Hall–Kier alpha value is -2.02. The largest absolute Gasteiger partial charge is 0.388 e. The highest BCUT2D eigenvalue weighted by molar-refractivity contribution is 7.12. The number of hydrogen-bond donors (Lipinski definition) is 2. The first-order chi connectivity index (χ1) is 16.0. The average molecular weight is 467 g/mol. The van der Waals surface area contributed by atoms with Crippen LogP contribution < -0.4 is 10.2 Å². The molecule has 0 amide bonds. The van der Waals surface area contributed by atoms with Crippen LogP contribution in [0.3, 0.4) is 0 Å². The maximum atomic E-state index is 9.67. The third kappa shape index (κ3) is 6.52. The van der Waals surface area contributed by atoms with Crippen LogP contribution in [0.5, 0.6) is 0 Å². The topological polar surface area (TPSA) is 61.3 Å². The van der Waals surface area contributed by atoms with Gasteiger partial charge in [-0.25, -0.2) is 9.97 Å². The molecule has 0 bridgehead atoms. The van der Waals surface area contributed by atoms with E-state index in [0.717, 1.165) is 58.8 Å². The van der Waals surface area contributed by atoms with E-state index in [1.54, 1.807) is 11.3 Å². The number of anilines is 1. The monoisotopic (exact) mass is 466 g/mol. The van der Waals surface area contributed by atoms with Crippen molar-refractivity contribution in [2.45, 2.75) is 64.5 Å². The predicted molar refractivity (Wildman–Crippen MR) is 139 cm³/mol. The maximum Gasteiger partial charge on any atom is 0.139 e. The first kappa shape index (κ1) is 24.1. The summed E-state index contributed by atoms with van der Waals surface area (Å²) in [4.78, 5) is 14.1. The number of thiophene rings is 1. The second-order valence-electron chi connectivity index (χ2n) is 9.76. The highest BCUT2D eigenvalue weighted by atomic mass is 32.1. The molecule has 1 atom stereocenters. The Morgan fingerprint density at radius 1 is 1.06 bits per heavy atom. The van der Waals surface area contributed by atoms with Gasteiger partial charge in [0.1, 0.15) is 11.6 Å². The van der Waals surface area contributed by atoms with Crippen LogP contribution in [-0.4, -0.2) is 35.7 Å². The number of aliphatic hydroxyl groups excluding tert-OH is 1. The zero-order chi connectivity index (χ0) is 23.2. The molecule has 1 fully saturated rings. The Morgan fingerprint density at radius 3 is 2.55 bits per heavy atom. The van der Waals surface area contributed by atoms with Crippen molar-refractivity contribution in [1.29, 1.82) is 0 Å². The number of fused-ring (bicyclic) bond motifs is 1. The van der Waals surface area contributed by atoms with Gasteiger partial charge in [-0.05, 0) is 68.8 Å². The number of benzene rings is 1. The van der Waals surface area contributed by atoms with E-state index in [4.69, 9.17) is 9.97 Å². The molecule has 0 radical (unpaired) electrons. The summed E-state index contributed by atoms with van der Waals surface area (Å²) in [5, 5.41) is 14.4. The zero-order valence-corrected chi connectivity index (χ0v) is 21.1. The van der Waals surface area contributed by atoms with Gasteiger partial charge in [-0.15, -0.1) is 11.3 Å². The van der Waals surface area contributed by atoms with Crippen LogP contribution in [0.25, 0.3) is 10.9 Å². The number of para-hydroxylation sites is 1. The molecule has 0 spiro atoms. The number of nitrogens with zero attached hydrogens (tertiary/aromatic N) is 3. The lowest BCUT2D eigenvalue weighted by atomic mass is 9.80. The fourth-order valence-corrected chi connectivity index (χ4v) is 5.87. The molecular weight excluding hydrogens is 428 g/mol. The number of rotatable bonds is 10. The Morgan fingerprint density at radius 2 is 1.82 bits per heavy atom. The van der Waals surface area contributed by atoms with Crippen LogP contribution in [0.1, 0.15) is 67.1 Å². The van der Waals surface area contributed by atoms with E-state index >= 15 is 0 Å².